The Kier molecular flexibility index (Phi) is 3.47. The summed E-state index contributed by atoms with van der Waals surface area (Å²) in [4.78, 5) is 0.148. The van der Waals surface area contributed by atoms with E-state index in [4.69, 9.17) is 0 Å². The Bertz CT molecular complexity index is 906. The lowest BCUT2D eigenvalue weighted by atomic mass is 10.0. The number of hydrogen-bond acceptors (Lipinski definition) is 4. The zero-order valence-corrected chi connectivity index (χ0v) is 13.3. The van der Waals surface area contributed by atoms with E-state index >= 15 is 0 Å². The van der Waals surface area contributed by atoms with Crippen LogP contribution in [-0.2, 0) is 9.84 Å². The van der Waals surface area contributed by atoms with Crippen LogP contribution in [0, 0.1) is 35.0 Å². The molecule has 0 heterocycles. The lowest BCUT2D eigenvalue weighted by Gasteiger charge is -2.03. The second kappa shape index (κ2) is 5.22. The van der Waals surface area contributed by atoms with Crippen LogP contribution < -0.4 is 0 Å². The van der Waals surface area contributed by atoms with Crippen molar-refractivity contribution in [3.63, 3.8) is 0 Å². The van der Waals surface area contributed by atoms with E-state index in [1.165, 1.54) is 12.1 Å². The number of sulfone groups is 1. The van der Waals surface area contributed by atoms with Crippen LogP contribution in [0.4, 0.5) is 0 Å². The lowest BCUT2D eigenvalue weighted by Crippen LogP contribution is -2.14. The second-order valence-corrected chi connectivity index (χ2v) is 7.83. The monoisotopic (exact) mass is 322 g/mol. The quantitative estimate of drug-likeness (QED) is 0.870. The van der Waals surface area contributed by atoms with E-state index in [-0.39, 0.29) is 4.90 Å². The van der Waals surface area contributed by atoms with E-state index in [0.29, 0.717) is 5.56 Å². The number of aryl methyl sites for hydroxylation is 1. The standard InChI is InChI=1S/C18H14N2O2S/c1-13-7-9-14(10-8-13)16-17(18(16,11-19)12-20)23(21,22)15-5-3-2-4-6-15/h2-10,16-17H,1H3/t16-,17+/m1/s1. The fourth-order valence-electron chi connectivity index (χ4n) is 3.04. The topological polar surface area (TPSA) is 81.7 Å². The highest BCUT2D eigenvalue weighted by atomic mass is 32.2. The summed E-state index contributed by atoms with van der Waals surface area (Å²) in [5.74, 6) is -0.622. The molecule has 0 aliphatic heterocycles. The van der Waals surface area contributed by atoms with Gasteiger partial charge in [-0.25, -0.2) is 8.42 Å². The van der Waals surface area contributed by atoms with E-state index in [9.17, 15) is 18.9 Å². The molecule has 1 saturated carbocycles. The zero-order valence-electron chi connectivity index (χ0n) is 12.5. The summed E-state index contributed by atoms with van der Waals surface area (Å²) < 4.78 is 25.8. The van der Waals surface area contributed by atoms with E-state index in [1.807, 2.05) is 31.2 Å². The van der Waals surface area contributed by atoms with Crippen LogP contribution in [-0.4, -0.2) is 13.7 Å². The maximum atomic E-state index is 12.9. The van der Waals surface area contributed by atoms with Crippen LogP contribution in [0.2, 0.25) is 0 Å². The summed E-state index contributed by atoms with van der Waals surface area (Å²) in [6, 6.07) is 19.2. The van der Waals surface area contributed by atoms with Crippen LogP contribution in [0.25, 0.3) is 0 Å². The maximum Gasteiger partial charge on any atom is 0.184 e. The third kappa shape index (κ3) is 2.21. The number of nitriles is 2. The molecule has 1 aliphatic carbocycles. The molecule has 0 aromatic heterocycles. The van der Waals surface area contributed by atoms with Gasteiger partial charge in [0.05, 0.1) is 17.0 Å². The molecule has 114 valence electrons. The van der Waals surface area contributed by atoms with Gasteiger partial charge in [0.1, 0.15) is 5.25 Å². The molecule has 2 atom stereocenters. The fraction of sp³-hybridized carbons (Fsp3) is 0.222. The third-order valence-electron chi connectivity index (χ3n) is 4.35. The van der Waals surface area contributed by atoms with Crippen molar-refractivity contribution >= 4 is 9.84 Å². The molecule has 0 bridgehead atoms. The van der Waals surface area contributed by atoms with Gasteiger partial charge in [-0.15, -0.1) is 0 Å². The van der Waals surface area contributed by atoms with Gasteiger partial charge in [0, 0.05) is 5.92 Å². The van der Waals surface area contributed by atoms with Gasteiger partial charge in [0.2, 0.25) is 0 Å². The van der Waals surface area contributed by atoms with Crippen LogP contribution >= 0.6 is 0 Å². The SMILES string of the molecule is Cc1ccc([C@@H]2[C@H](S(=O)(=O)c3ccccc3)C2(C#N)C#N)cc1. The summed E-state index contributed by atoms with van der Waals surface area (Å²) in [6.45, 7) is 1.93. The number of rotatable bonds is 3. The Morgan fingerprint density at radius 3 is 2.04 bits per heavy atom. The first-order valence-corrected chi connectivity index (χ1v) is 8.70. The molecule has 0 amide bonds. The minimum Gasteiger partial charge on any atom is -0.223 e. The van der Waals surface area contributed by atoms with Crippen molar-refractivity contribution in [1.82, 2.24) is 0 Å². The molecule has 4 nitrogen and oxygen atoms in total. The number of hydrogen-bond donors (Lipinski definition) is 0. The van der Waals surface area contributed by atoms with Crippen LogP contribution in [0.5, 0.6) is 0 Å². The lowest BCUT2D eigenvalue weighted by molar-refractivity contribution is 0.591. The molecule has 2 aromatic rings. The van der Waals surface area contributed by atoms with Gasteiger partial charge in [-0.1, -0.05) is 48.0 Å². The summed E-state index contributed by atoms with van der Waals surface area (Å²) in [5.41, 5.74) is 0.226. The third-order valence-corrected chi connectivity index (χ3v) is 6.59. The molecular formula is C18H14N2O2S. The molecule has 3 rings (SSSR count). The Labute approximate surface area is 135 Å². The fourth-order valence-corrected chi connectivity index (χ4v) is 5.26. The molecule has 0 unspecified atom stereocenters. The summed E-state index contributed by atoms with van der Waals surface area (Å²) >= 11 is 0. The van der Waals surface area contributed by atoms with Crippen LogP contribution in [0.1, 0.15) is 17.0 Å². The van der Waals surface area contributed by atoms with Crippen molar-refractivity contribution < 1.29 is 8.42 Å². The van der Waals surface area contributed by atoms with Crippen molar-refractivity contribution in [2.75, 3.05) is 0 Å². The van der Waals surface area contributed by atoms with Crippen molar-refractivity contribution in [3.05, 3.63) is 65.7 Å². The average molecular weight is 322 g/mol. The Balaban J connectivity index is 2.10. The normalized spacial score (nSPS) is 21.9. The Morgan fingerprint density at radius 2 is 1.52 bits per heavy atom. The van der Waals surface area contributed by atoms with Gasteiger partial charge in [-0.05, 0) is 24.6 Å². The molecule has 23 heavy (non-hydrogen) atoms. The average Bonchev–Trinajstić information content (AvgIpc) is 3.27. The molecule has 0 saturated heterocycles. The van der Waals surface area contributed by atoms with E-state index in [0.717, 1.165) is 5.56 Å². The summed E-state index contributed by atoms with van der Waals surface area (Å²) in [5, 5.41) is 17.9. The minimum atomic E-state index is -3.75. The van der Waals surface area contributed by atoms with Gasteiger partial charge in [-0.3, -0.25) is 0 Å². The number of nitrogens with zero attached hydrogens (tertiary/aromatic N) is 2. The highest BCUT2D eigenvalue weighted by molar-refractivity contribution is 7.92. The number of benzene rings is 2. The van der Waals surface area contributed by atoms with Crippen molar-refractivity contribution in [2.24, 2.45) is 5.41 Å². The molecular weight excluding hydrogens is 308 g/mol. The molecule has 5 heteroatoms. The van der Waals surface area contributed by atoms with E-state index in [2.05, 4.69) is 0 Å². The summed E-state index contributed by atoms with van der Waals surface area (Å²) in [6.07, 6.45) is 0. The first kappa shape index (κ1) is 15.3. The van der Waals surface area contributed by atoms with Crippen molar-refractivity contribution in [3.8, 4) is 12.1 Å². The van der Waals surface area contributed by atoms with Gasteiger partial charge in [0.15, 0.2) is 15.3 Å². The molecule has 2 aromatic carbocycles. The molecule has 0 N–H and O–H groups in total. The first-order valence-electron chi connectivity index (χ1n) is 7.15. The smallest absolute Gasteiger partial charge is 0.184 e. The molecule has 1 aliphatic rings. The predicted octanol–water partition coefficient (Wildman–Crippen LogP) is 2.97. The highest BCUT2D eigenvalue weighted by Crippen LogP contribution is 2.63. The largest absolute Gasteiger partial charge is 0.223 e. The molecule has 1 fully saturated rings. The van der Waals surface area contributed by atoms with E-state index in [1.54, 1.807) is 30.3 Å². The van der Waals surface area contributed by atoms with Gasteiger partial charge in [0.25, 0.3) is 0 Å². The second-order valence-electron chi connectivity index (χ2n) is 5.76. The van der Waals surface area contributed by atoms with Crippen LogP contribution in [0.3, 0.4) is 0 Å². The van der Waals surface area contributed by atoms with E-state index < -0.39 is 26.4 Å². The first-order chi connectivity index (χ1) is 11.0. The van der Waals surface area contributed by atoms with Crippen LogP contribution in [0.15, 0.2) is 59.5 Å². The van der Waals surface area contributed by atoms with Gasteiger partial charge in [-0.2, -0.15) is 10.5 Å². The molecule has 0 spiro atoms. The Morgan fingerprint density at radius 1 is 0.957 bits per heavy atom. The summed E-state index contributed by atoms with van der Waals surface area (Å²) in [7, 11) is -3.75. The highest BCUT2D eigenvalue weighted by Gasteiger charge is 2.73. The molecule has 0 radical (unpaired) electrons. The predicted molar refractivity (Wildman–Crippen MR) is 85.0 cm³/mol. The van der Waals surface area contributed by atoms with Gasteiger partial charge < -0.3 is 0 Å². The van der Waals surface area contributed by atoms with Gasteiger partial charge >= 0.3 is 0 Å². The van der Waals surface area contributed by atoms with Crippen molar-refractivity contribution in [1.29, 1.82) is 10.5 Å². The maximum absolute atomic E-state index is 12.9. The minimum absolute atomic E-state index is 0.148. The zero-order chi connectivity index (χ0) is 16.7. The van der Waals surface area contributed by atoms with Crippen molar-refractivity contribution in [2.45, 2.75) is 23.0 Å². The Hall–Kier alpha value is -2.63.